The summed E-state index contributed by atoms with van der Waals surface area (Å²) < 4.78 is 9.24. The van der Waals surface area contributed by atoms with Crippen molar-refractivity contribution in [2.75, 3.05) is 13.1 Å². The van der Waals surface area contributed by atoms with Crippen LogP contribution in [-0.2, 0) is 13.0 Å². The first-order valence-electron chi connectivity index (χ1n) is 10.6. The number of nitrogens with one attached hydrogen (secondary N) is 1. The van der Waals surface area contributed by atoms with E-state index in [0.29, 0.717) is 28.2 Å². The summed E-state index contributed by atoms with van der Waals surface area (Å²) in [6, 6.07) is 11.8. The van der Waals surface area contributed by atoms with Gasteiger partial charge in [-0.15, -0.1) is 11.3 Å². The van der Waals surface area contributed by atoms with E-state index in [0.717, 1.165) is 36.4 Å². The minimum atomic E-state index is -0.275. The van der Waals surface area contributed by atoms with Gasteiger partial charge in [-0.05, 0) is 37.6 Å². The number of aromatic nitrogens is 3. The fourth-order valence-corrected chi connectivity index (χ4v) is 5.30. The lowest BCUT2D eigenvalue weighted by Gasteiger charge is -2.24. The Morgan fingerprint density at radius 3 is 2.68 bits per heavy atom. The van der Waals surface area contributed by atoms with Crippen LogP contribution in [0.2, 0.25) is 0 Å². The quantitative estimate of drug-likeness (QED) is 0.518. The Balaban J connectivity index is 1.72. The van der Waals surface area contributed by atoms with Gasteiger partial charge in [0.15, 0.2) is 5.89 Å². The Hall–Kier alpha value is -2.97. The molecule has 0 atom stereocenters. The predicted octanol–water partition coefficient (Wildman–Crippen LogP) is 3.41. The lowest BCUT2D eigenvalue weighted by molar-refractivity contribution is 0.346. The molecule has 0 radical (unpaired) electrons. The van der Waals surface area contributed by atoms with Crippen molar-refractivity contribution >= 4 is 21.6 Å². The average molecular weight is 437 g/mol. The molecule has 31 heavy (non-hydrogen) atoms. The van der Waals surface area contributed by atoms with E-state index in [9.17, 15) is 9.59 Å². The summed E-state index contributed by atoms with van der Waals surface area (Å²) in [7, 11) is 0. The fourth-order valence-electron chi connectivity index (χ4n) is 4.19. The summed E-state index contributed by atoms with van der Waals surface area (Å²) in [4.78, 5) is 32.5. The molecule has 1 aromatic carbocycles. The minimum absolute atomic E-state index is 0.0947. The molecule has 5 rings (SSSR count). The fraction of sp³-hybridized carbons (Fsp3) is 0.348. The number of thiophene rings is 1. The zero-order chi connectivity index (χ0) is 21.4. The molecular formula is C23H24N4O3S. The summed E-state index contributed by atoms with van der Waals surface area (Å²) in [6.45, 7) is 3.85. The van der Waals surface area contributed by atoms with Crippen LogP contribution in [0.25, 0.3) is 20.7 Å². The van der Waals surface area contributed by atoms with Crippen LogP contribution in [0, 0.1) is 0 Å². The molecule has 4 heterocycles. The highest BCUT2D eigenvalue weighted by atomic mass is 32.1. The first kappa shape index (κ1) is 20.0. The zero-order valence-electron chi connectivity index (χ0n) is 17.3. The molecule has 1 aliphatic heterocycles. The van der Waals surface area contributed by atoms with Gasteiger partial charge in [0, 0.05) is 17.3 Å². The number of nitrogens with zero attached hydrogens (tertiary/aromatic N) is 3. The highest BCUT2D eigenvalue weighted by Gasteiger charge is 2.24. The molecule has 8 heteroatoms. The number of aryl methyl sites for hydroxylation is 1. The van der Waals surface area contributed by atoms with Gasteiger partial charge in [-0.2, -0.15) is 0 Å². The summed E-state index contributed by atoms with van der Waals surface area (Å²) in [5, 5.41) is 3.31. The SMILES string of the molecule is CCc1nc(Cn2c(=O)n(C3CCNCC3)c(=O)c3sc(-c4ccccc4)cc32)co1. The Morgan fingerprint density at radius 1 is 1.19 bits per heavy atom. The number of hydrogen-bond acceptors (Lipinski definition) is 6. The van der Waals surface area contributed by atoms with E-state index in [-0.39, 0.29) is 23.8 Å². The van der Waals surface area contributed by atoms with Crippen molar-refractivity contribution < 1.29 is 4.42 Å². The first-order chi connectivity index (χ1) is 15.2. The average Bonchev–Trinajstić information content (AvgIpc) is 3.45. The van der Waals surface area contributed by atoms with Crippen LogP contribution in [0.1, 0.15) is 37.4 Å². The Morgan fingerprint density at radius 2 is 1.97 bits per heavy atom. The van der Waals surface area contributed by atoms with Gasteiger partial charge >= 0.3 is 5.69 Å². The number of fused-ring (bicyclic) bond motifs is 1. The Labute approximate surface area is 183 Å². The monoisotopic (exact) mass is 436 g/mol. The molecular weight excluding hydrogens is 412 g/mol. The molecule has 1 fully saturated rings. The predicted molar refractivity (Wildman–Crippen MR) is 122 cm³/mol. The van der Waals surface area contributed by atoms with Crippen LogP contribution in [0.5, 0.6) is 0 Å². The topological polar surface area (TPSA) is 82.1 Å². The lowest BCUT2D eigenvalue weighted by atomic mass is 10.1. The second kappa shape index (κ2) is 8.28. The standard InChI is InChI=1S/C23H24N4O3S/c1-2-20-25-16(14-30-20)13-26-18-12-19(15-6-4-3-5-7-15)31-21(18)22(28)27(23(26)29)17-8-10-24-11-9-17/h3-7,12,14,17,24H,2,8-11,13H2,1H3. The number of piperidine rings is 1. The van der Waals surface area contributed by atoms with Gasteiger partial charge in [0.05, 0.1) is 17.8 Å². The van der Waals surface area contributed by atoms with Crippen molar-refractivity contribution in [3.63, 3.8) is 0 Å². The summed E-state index contributed by atoms with van der Waals surface area (Å²) >= 11 is 1.45. The van der Waals surface area contributed by atoms with Crippen LogP contribution in [-0.4, -0.2) is 27.2 Å². The van der Waals surface area contributed by atoms with E-state index in [1.165, 1.54) is 15.9 Å². The van der Waals surface area contributed by atoms with Crippen molar-refractivity contribution in [1.29, 1.82) is 0 Å². The molecule has 0 bridgehead atoms. The molecule has 7 nitrogen and oxygen atoms in total. The highest BCUT2D eigenvalue weighted by Crippen LogP contribution is 2.32. The third-order valence-corrected chi connectivity index (χ3v) is 6.97. The van der Waals surface area contributed by atoms with Gasteiger partial charge in [-0.3, -0.25) is 13.9 Å². The lowest BCUT2D eigenvalue weighted by Crippen LogP contribution is -2.45. The largest absolute Gasteiger partial charge is 0.449 e. The molecule has 0 aliphatic carbocycles. The van der Waals surface area contributed by atoms with E-state index in [4.69, 9.17) is 4.42 Å². The molecule has 1 saturated heterocycles. The maximum absolute atomic E-state index is 13.6. The second-order valence-corrected chi connectivity index (χ2v) is 8.85. The third kappa shape index (κ3) is 3.66. The van der Waals surface area contributed by atoms with Gasteiger partial charge in [0.2, 0.25) is 0 Å². The van der Waals surface area contributed by atoms with Gasteiger partial charge in [0.1, 0.15) is 11.0 Å². The first-order valence-corrected chi connectivity index (χ1v) is 11.5. The van der Waals surface area contributed by atoms with Crippen molar-refractivity contribution in [2.45, 2.75) is 38.8 Å². The maximum atomic E-state index is 13.6. The molecule has 0 amide bonds. The summed E-state index contributed by atoms with van der Waals surface area (Å²) in [5.74, 6) is 0.640. The van der Waals surface area contributed by atoms with E-state index in [1.54, 1.807) is 10.8 Å². The molecule has 1 aliphatic rings. The van der Waals surface area contributed by atoms with Crippen LogP contribution in [0.3, 0.4) is 0 Å². The van der Waals surface area contributed by atoms with E-state index in [1.807, 2.05) is 43.3 Å². The molecule has 160 valence electrons. The van der Waals surface area contributed by atoms with Crippen molar-refractivity contribution in [1.82, 2.24) is 19.4 Å². The highest BCUT2D eigenvalue weighted by molar-refractivity contribution is 7.22. The van der Waals surface area contributed by atoms with Crippen molar-refractivity contribution in [3.05, 3.63) is 75.1 Å². The van der Waals surface area contributed by atoms with Gasteiger partial charge in [-0.1, -0.05) is 37.3 Å². The van der Waals surface area contributed by atoms with Crippen LogP contribution < -0.4 is 16.6 Å². The molecule has 3 aromatic heterocycles. The smallest absolute Gasteiger partial charge is 0.332 e. The zero-order valence-corrected chi connectivity index (χ0v) is 18.2. The normalized spacial score (nSPS) is 15.0. The number of oxazole rings is 1. The number of rotatable bonds is 5. The number of hydrogen-bond donors (Lipinski definition) is 1. The van der Waals surface area contributed by atoms with Crippen LogP contribution in [0.15, 0.2) is 56.7 Å². The van der Waals surface area contributed by atoms with Crippen molar-refractivity contribution in [2.24, 2.45) is 0 Å². The van der Waals surface area contributed by atoms with Crippen molar-refractivity contribution in [3.8, 4) is 10.4 Å². The molecule has 1 N–H and O–H groups in total. The van der Waals surface area contributed by atoms with Gasteiger partial charge < -0.3 is 9.73 Å². The summed E-state index contributed by atoms with van der Waals surface area (Å²) in [6.07, 6.45) is 3.82. The molecule has 0 unspecified atom stereocenters. The van der Waals surface area contributed by atoms with E-state index >= 15 is 0 Å². The van der Waals surface area contributed by atoms with Crippen LogP contribution >= 0.6 is 11.3 Å². The van der Waals surface area contributed by atoms with E-state index < -0.39 is 0 Å². The summed E-state index contributed by atoms with van der Waals surface area (Å²) in [5.41, 5.74) is 1.91. The van der Waals surface area contributed by atoms with Crippen LogP contribution in [0.4, 0.5) is 0 Å². The molecule has 0 spiro atoms. The minimum Gasteiger partial charge on any atom is -0.449 e. The third-order valence-electron chi connectivity index (χ3n) is 5.81. The van der Waals surface area contributed by atoms with Gasteiger partial charge in [0.25, 0.3) is 5.56 Å². The molecule has 0 saturated carbocycles. The van der Waals surface area contributed by atoms with E-state index in [2.05, 4.69) is 10.3 Å². The number of benzene rings is 1. The maximum Gasteiger partial charge on any atom is 0.332 e. The molecule has 4 aromatic rings. The Kier molecular flexibility index (Phi) is 5.33. The van der Waals surface area contributed by atoms with Gasteiger partial charge in [-0.25, -0.2) is 9.78 Å². The Bertz CT molecular complexity index is 1330. The second-order valence-electron chi connectivity index (χ2n) is 7.80.